The van der Waals surface area contributed by atoms with E-state index in [1.807, 2.05) is 45.4 Å². The number of H-pyrrole nitrogens is 1. The summed E-state index contributed by atoms with van der Waals surface area (Å²) in [5.41, 5.74) is 2.75. The fraction of sp³-hybridized carbons (Fsp3) is 0.412. The number of halogens is 1. The molecule has 0 fully saturated rings. The van der Waals surface area contributed by atoms with Crippen molar-refractivity contribution >= 4 is 38.5 Å². The number of amides is 1. The van der Waals surface area contributed by atoms with Gasteiger partial charge in [-0.15, -0.1) is 0 Å². The molecule has 122 valence electrons. The number of ether oxygens (including phenoxy) is 1. The molecule has 0 spiro atoms. The lowest BCUT2D eigenvalue weighted by atomic mass is 9.99. The molecule has 0 unspecified atom stereocenters. The van der Waals surface area contributed by atoms with Gasteiger partial charge >= 0.3 is 6.09 Å². The number of pyridine rings is 1. The van der Waals surface area contributed by atoms with E-state index in [0.29, 0.717) is 6.54 Å². The smallest absolute Gasteiger partial charge is 0.414 e. The van der Waals surface area contributed by atoms with Crippen molar-refractivity contribution in [3.63, 3.8) is 0 Å². The van der Waals surface area contributed by atoms with Crippen LogP contribution in [0.25, 0.3) is 16.5 Å². The van der Waals surface area contributed by atoms with Crippen molar-refractivity contribution in [2.45, 2.75) is 39.2 Å². The van der Waals surface area contributed by atoms with E-state index in [-0.39, 0.29) is 6.09 Å². The first-order valence-corrected chi connectivity index (χ1v) is 8.46. The van der Waals surface area contributed by atoms with Crippen LogP contribution in [0.1, 0.15) is 39.2 Å². The molecule has 0 saturated heterocycles. The lowest BCUT2D eigenvalue weighted by Crippen LogP contribution is -2.35. The SMILES string of the molecule is CC(C)(C)OC(=O)N1C=C(c2c[nH]c3cc(Br)ncc23)CCC1. The minimum absolute atomic E-state index is 0.296. The number of nitrogens with zero attached hydrogens (tertiary/aromatic N) is 2. The summed E-state index contributed by atoms with van der Waals surface area (Å²) in [5, 5.41) is 1.06. The molecule has 3 heterocycles. The summed E-state index contributed by atoms with van der Waals surface area (Å²) in [7, 11) is 0. The highest BCUT2D eigenvalue weighted by molar-refractivity contribution is 9.10. The molecule has 1 amide bonds. The lowest BCUT2D eigenvalue weighted by Gasteiger charge is -2.28. The predicted molar refractivity (Wildman–Crippen MR) is 93.9 cm³/mol. The van der Waals surface area contributed by atoms with Gasteiger partial charge in [0.05, 0.1) is 5.52 Å². The zero-order valence-electron chi connectivity index (χ0n) is 13.5. The van der Waals surface area contributed by atoms with Gasteiger partial charge in [-0.1, -0.05) is 0 Å². The average Bonchev–Trinajstić information content (AvgIpc) is 2.88. The third-order valence-corrected chi connectivity index (χ3v) is 4.10. The summed E-state index contributed by atoms with van der Waals surface area (Å²) in [6, 6.07) is 1.95. The van der Waals surface area contributed by atoms with Crippen LogP contribution < -0.4 is 0 Å². The highest BCUT2D eigenvalue weighted by atomic mass is 79.9. The topological polar surface area (TPSA) is 58.2 Å². The number of nitrogens with one attached hydrogen (secondary N) is 1. The van der Waals surface area contributed by atoms with Crippen LogP contribution in [0.4, 0.5) is 4.79 Å². The second-order valence-corrected chi connectivity index (χ2v) is 7.50. The van der Waals surface area contributed by atoms with Crippen molar-refractivity contribution in [3.8, 4) is 0 Å². The molecule has 0 aliphatic carbocycles. The van der Waals surface area contributed by atoms with Crippen LogP contribution in [0, 0.1) is 0 Å². The molecule has 1 aliphatic rings. The van der Waals surface area contributed by atoms with Gasteiger partial charge in [-0.25, -0.2) is 9.78 Å². The fourth-order valence-electron chi connectivity index (χ4n) is 2.68. The number of allylic oxidation sites excluding steroid dienone is 1. The van der Waals surface area contributed by atoms with Crippen molar-refractivity contribution < 1.29 is 9.53 Å². The van der Waals surface area contributed by atoms with Crippen LogP contribution in [0.2, 0.25) is 0 Å². The Kier molecular flexibility index (Phi) is 4.19. The highest BCUT2D eigenvalue weighted by Crippen LogP contribution is 2.31. The van der Waals surface area contributed by atoms with Gasteiger partial charge in [-0.2, -0.15) is 0 Å². The van der Waals surface area contributed by atoms with Crippen molar-refractivity contribution in [2.75, 3.05) is 6.54 Å². The molecule has 3 rings (SSSR count). The van der Waals surface area contributed by atoms with Gasteiger partial charge in [0.25, 0.3) is 0 Å². The molecular weight excluding hydrogens is 358 g/mol. The third kappa shape index (κ3) is 3.58. The molecule has 2 aromatic heterocycles. The monoisotopic (exact) mass is 377 g/mol. The number of carbonyl (C=O) groups is 1. The largest absolute Gasteiger partial charge is 0.443 e. The zero-order chi connectivity index (χ0) is 16.6. The first-order chi connectivity index (χ1) is 10.8. The van der Waals surface area contributed by atoms with Crippen LogP contribution >= 0.6 is 15.9 Å². The van der Waals surface area contributed by atoms with Crippen molar-refractivity contribution in [1.82, 2.24) is 14.9 Å². The van der Waals surface area contributed by atoms with E-state index in [2.05, 4.69) is 25.9 Å². The van der Waals surface area contributed by atoms with E-state index < -0.39 is 5.60 Å². The first-order valence-electron chi connectivity index (χ1n) is 7.67. The quantitative estimate of drug-likeness (QED) is 0.732. The zero-order valence-corrected chi connectivity index (χ0v) is 15.1. The lowest BCUT2D eigenvalue weighted by molar-refractivity contribution is 0.0329. The van der Waals surface area contributed by atoms with E-state index in [1.54, 1.807) is 4.90 Å². The van der Waals surface area contributed by atoms with Crippen molar-refractivity contribution in [3.05, 3.63) is 34.8 Å². The third-order valence-electron chi connectivity index (χ3n) is 3.66. The Morgan fingerprint density at radius 2 is 2.22 bits per heavy atom. The second kappa shape index (κ2) is 6.00. The number of hydrogen-bond acceptors (Lipinski definition) is 3. The van der Waals surface area contributed by atoms with E-state index in [9.17, 15) is 4.79 Å². The molecule has 0 radical (unpaired) electrons. The molecule has 1 N–H and O–H groups in total. The Bertz CT molecular complexity index is 774. The minimum Gasteiger partial charge on any atom is -0.443 e. The van der Waals surface area contributed by atoms with Crippen LogP contribution in [-0.4, -0.2) is 33.1 Å². The van der Waals surface area contributed by atoms with Gasteiger partial charge in [-0.3, -0.25) is 4.90 Å². The minimum atomic E-state index is -0.487. The fourth-order valence-corrected chi connectivity index (χ4v) is 3.01. The average molecular weight is 378 g/mol. The molecule has 1 aliphatic heterocycles. The number of aromatic nitrogens is 2. The summed E-state index contributed by atoms with van der Waals surface area (Å²) >= 11 is 3.38. The van der Waals surface area contributed by atoms with Gasteiger partial charge in [0.15, 0.2) is 0 Å². The van der Waals surface area contributed by atoms with E-state index in [0.717, 1.165) is 39.5 Å². The number of aromatic amines is 1. The summed E-state index contributed by atoms with van der Waals surface area (Å²) in [4.78, 5) is 21.5. The summed E-state index contributed by atoms with van der Waals surface area (Å²) in [6.45, 7) is 6.32. The Hall–Kier alpha value is -1.82. The Balaban J connectivity index is 1.90. The van der Waals surface area contributed by atoms with Gasteiger partial charge < -0.3 is 9.72 Å². The van der Waals surface area contributed by atoms with E-state index in [1.165, 1.54) is 0 Å². The number of fused-ring (bicyclic) bond motifs is 1. The van der Waals surface area contributed by atoms with E-state index >= 15 is 0 Å². The van der Waals surface area contributed by atoms with Gasteiger partial charge in [0.2, 0.25) is 0 Å². The maximum absolute atomic E-state index is 12.3. The van der Waals surface area contributed by atoms with Crippen LogP contribution in [0.15, 0.2) is 29.3 Å². The van der Waals surface area contributed by atoms with Gasteiger partial charge in [0.1, 0.15) is 10.2 Å². The normalized spacial score (nSPS) is 15.7. The molecule has 6 heteroatoms. The summed E-state index contributed by atoms with van der Waals surface area (Å²) < 4.78 is 6.26. The Labute approximate surface area is 143 Å². The second-order valence-electron chi connectivity index (χ2n) is 6.69. The molecule has 0 saturated carbocycles. The van der Waals surface area contributed by atoms with Crippen molar-refractivity contribution in [2.24, 2.45) is 0 Å². The molecule has 0 bridgehead atoms. The van der Waals surface area contributed by atoms with Crippen molar-refractivity contribution in [1.29, 1.82) is 0 Å². The molecular formula is C17H20BrN3O2. The van der Waals surface area contributed by atoms with Gasteiger partial charge in [0, 0.05) is 36.1 Å². The first kappa shape index (κ1) is 16.1. The molecule has 5 nitrogen and oxygen atoms in total. The number of hydrogen-bond donors (Lipinski definition) is 1. The van der Waals surface area contributed by atoms with Crippen LogP contribution in [0.3, 0.4) is 0 Å². The Morgan fingerprint density at radius 3 is 2.96 bits per heavy atom. The summed E-state index contributed by atoms with van der Waals surface area (Å²) in [6.07, 6.45) is 7.28. The standard InChI is InChI=1S/C17H20BrN3O2/c1-17(2,3)23-16(22)21-6-4-5-11(10-21)12-8-19-14-7-15(18)20-9-13(12)14/h7-10,19H,4-6H2,1-3H3. The predicted octanol–water partition coefficient (Wildman–Crippen LogP) is 4.70. The molecule has 2 aromatic rings. The molecule has 0 atom stereocenters. The van der Waals surface area contributed by atoms with Gasteiger partial charge in [-0.05, 0) is 61.2 Å². The maximum Gasteiger partial charge on any atom is 0.414 e. The molecule has 0 aromatic carbocycles. The highest BCUT2D eigenvalue weighted by Gasteiger charge is 2.24. The Morgan fingerprint density at radius 1 is 1.43 bits per heavy atom. The summed E-state index contributed by atoms with van der Waals surface area (Å²) in [5.74, 6) is 0. The van der Waals surface area contributed by atoms with Crippen LogP contribution in [0.5, 0.6) is 0 Å². The van der Waals surface area contributed by atoms with Crippen LogP contribution in [-0.2, 0) is 4.74 Å². The maximum atomic E-state index is 12.3. The van der Waals surface area contributed by atoms with E-state index in [4.69, 9.17) is 4.74 Å². The number of carbonyl (C=O) groups excluding carboxylic acids is 1. The molecule has 23 heavy (non-hydrogen) atoms. The number of rotatable bonds is 1.